The summed E-state index contributed by atoms with van der Waals surface area (Å²) in [5.74, 6) is -1.01. The molecule has 1 amide bonds. The van der Waals surface area contributed by atoms with Crippen molar-refractivity contribution in [2.24, 2.45) is 0 Å². The maximum atomic E-state index is 12.8. The molecule has 0 aliphatic carbocycles. The molecule has 1 aliphatic rings. The number of aromatic amines is 1. The second-order valence-electron chi connectivity index (χ2n) is 6.73. The van der Waals surface area contributed by atoms with Gasteiger partial charge in [0.05, 0.1) is 23.6 Å². The molecule has 3 heterocycles. The normalized spacial score (nSPS) is 16.7. The van der Waals surface area contributed by atoms with Gasteiger partial charge in [-0.05, 0) is 30.7 Å². The first kappa shape index (κ1) is 16.3. The molecule has 26 heavy (non-hydrogen) atoms. The Hall–Kier alpha value is -3.16. The lowest BCUT2D eigenvalue weighted by atomic mass is 9.87. The number of carboxylic acid groups (broad SMARTS) is 1. The second-order valence-corrected chi connectivity index (χ2v) is 6.73. The van der Waals surface area contributed by atoms with Crippen molar-refractivity contribution in [1.82, 2.24) is 24.6 Å². The number of carboxylic acids is 1. The fraction of sp³-hybridized carbons (Fsp3) is 0.333. The first-order valence-corrected chi connectivity index (χ1v) is 8.47. The molecular weight excluding hydrogens is 334 g/mol. The predicted molar refractivity (Wildman–Crippen MR) is 93.8 cm³/mol. The van der Waals surface area contributed by atoms with Gasteiger partial charge in [0, 0.05) is 37.7 Å². The number of piperidine rings is 1. The maximum absolute atomic E-state index is 12.8. The zero-order valence-electron chi connectivity index (χ0n) is 14.3. The third-order valence-electron chi connectivity index (χ3n) is 5.09. The molecule has 0 saturated carbocycles. The molecule has 0 unspecified atom stereocenters. The molecule has 2 aromatic heterocycles. The molecule has 1 fully saturated rings. The lowest BCUT2D eigenvalue weighted by molar-refractivity contribution is -0.150. The van der Waals surface area contributed by atoms with E-state index in [0.29, 0.717) is 31.5 Å². The summed E-state index contributed by atoms with van der Waals surface area (Å²) in [5.41, 5.74) is 1.99. The highest BCUT2D eigenvalue weighted by molar-refractivity contribution is 5.97. The third kappa shape index (κ3) is 2.54. The molecule has 1 aromatic carbocycles. The van der Waals surface area contributed by atoms with Gasteiger partial charge in [0.25, 0.3) is 5.91 Å². The summed E-state index contributed by atoms with van der Waals surface area (Å²) in [4.78, 5) is 33.6. The van der Waals surface area contributed by atoms with Gasteiger partial charge >= 0.3 is 5.97 Å². The van der Waals surface area contributed by atoms with Crippen molar-refractivity contribution in [2.45, 2.75) is 25.3 Å². The number of fused-ring (bicyclic) bond motifs is 1. The van der Waals surface area contributed by atoms with E-state index in [2.05, 4.69) is 15.1 Å². The number of imidazole rings is 1. The van der Waals surface area contributed by atoms with Crippen LogP contribution in [0.3, 0.4) is 0 Å². The second kappa shape index (κ2) is 5.98. The van der Waals surface area contributed by atoms with Crippen molar-refractivity contribution < 1.29 is 14.7 Å². The Bertz CT molecular complexity index is 982. The van der Waals surface area contributed by atoms with Gasteiger partial charge in [0.1, 0.15) is 0 Å². The molecular formula is C18H19N5O3. The van der Waals surface area contributed by atoms with Crippen LogP contribution in [0.5, 0.6) is 0 Å². The van der Waals surface area contributed by atoms with Crippen LogP contribution in [-0.4, -0.2) is 54.7 Å². The predicted octanol–water partition coefficient (Wildman–Crippen LogP) is 1.78. The van der Waals surface area contributed by atoms with Gasteiger partial charge in [-0.2, -0.15) is 5.10 Å². The third-order valence-corrected chi connectivity index (χ3v) is 5.09. The number of carbonyl (C=O) groups is 2. The highest BCUT2D eigenvalue weighted by Crippen LogP contribution is 2.31. The summed E-state index contributed by atoms with van der Waals surface area (Å²) >= 11 is 0. The van der Waals surface area contributed by atoms with Crippen LogP contribution in [0.15, 0.2) is 36.9 Å². The van der Waals surface area contributed by atoms with Crippen molar-refractivity contribution in [1.29, 1.82) is 0 Å². The summed E-state index contributed by atoms with van der Waals surface area (Å²) in [6, 6.07) is 5.33. The zero-order chi connectivity index (χ0) is 18.3. The van der Waals surface area contributed by atoms with E-state index >= 15 is 0 Å². The van der Waals surface area contributed by atoms with Gasteiger partial charge in [0.2, 0.25) is 0 Å². The first-order chi connectivity index (χ1) is 12.5. The van der Waals surface area contributed by atoms with Crippen LogP contribution in [0.2, 0.25) is 0 Å². The van der Waals surface area contributed by atoms with E-state index in [9.17, 15) is 14.7 Å². The van der Waals surface area contributed by atoms with E-state index in [1.165, 1.54) is 4.68 Å². The van der Waals surface area contributed by atoms with E-state index in [1.807, 2.05) is 6.92 Å². The summed E-state index contributed by atoms with van der Waals surface area (Å²) in [6.45, 7) is 2.61. The molecule has 0 bridgehead atoms. The minimum Gasteiger partial charge on any atom is -0.479 e. The van der Waals surface area contributed by atoms with E-state index in [-0.39, 0.29) is 5.91 Å². The molecule has 8 heteroatoms. The number of hydrogen-bond donors (Lipinski definition) is 2. The van der Waals surface area contributed by atoms with Crippen molar-refractivity contribution in [3.63, 3.8) is 0 Å². The number of nitrogens with zero attached hydrogens (tertiary/aromatic N) is 4. The Balaban J connectivity index is 1.55. The molecule has 8 nitrogen and oxygen atoms in total. The quantitative estimate of drug-likeness (QED) is 0.747. The van der Waals surface area contributed by atoms with E-state index in [1.54, 1.807) is 41.8 Å². The summed E-state index contributed by atoms with van der Waals surface area (Å²) in [6.07, 6.45) is 5.63. The number of likely N-dealkylation sites (tertiary alicyclic amines) is 1. The van der Waals surface area contributed by atoms with Crippen LogP contribution < -0.4 is 0 Å². The number of nitrogens with one attached hydrogen (secondary N) is 1. The van der Waals surface area contributed by atoms with Gasteiger partial charge < -0.3 is 15.0 Å². The van der Waals surface area contributed by atoms with Crippen LogP contribution in [-0.2, 0) is 10.3 Å². The molecule has 134 valence electrons. The summed E-state index contributed by atoms with van der Waals surface area (Å²) in [5, 5.41) is 14.0. The number of aryl methyl sites for hydroxylation is 1. The lowest BCUT2D eigenvalue weighted by Gasteiger charge is -2.39. The standard InChI is InChI=1S/C18H19N5O3/c1-12-9-21-23(10-12)18(17(25)26)4-6-22(7-5-18)16(24)13-2-3-14-15(8-13)20-11-19-14/h2-3,8-11H,4-7H2,1H3,(H,19,20)(H,25,26). The molecule has 0 atom stereocenters. The van der Waals surface area contributed by atoms with Crippen molar-refractivity contribution in [3.8, 4) is 0 Å². The topological polar surface area (TPSA) is 104 Å². The van der Waals surface area contributed by atoms with Crippen LogP contribution in [0.25, 0.3) is 11.0 Å². The first-order valence-electron chi connectivity index (χ1n) is 8.47. The minimum atomic E-state index is -1.10. The van der Waals surface area contributed by atoms with Gasteiger partial charge in [0.15, 0.2) is 5.54 Å². The van der Waals surface area contributed by atoms with Gasteiger partial charge in [-0.25, -0.2) is 9.78 Å². The number of H-pyrrole nitrogens is 1. The number of aliphatic carboxylic acids is 1. The van der Waals surface area contributed by atoms with Gasteiger partial charge in [-0.15, -0.1) is 0 Å². The van der Waals surface area contributed by atoms with E-state index in [0.717, 1.165) is 16.6 Å². The zero-order valence-corrected chi connectivity index (χ0v) is 14.3. The van der Waals surface area contributed by atoms with Crippen LogP contribution in [0.1, 0.15) is 28.8 Å². The van der Waals surface area contributed by atoms with Crippen LogP contribution >= 0.6 is 0 Å². The Kier molecular flexibility index (Phi) is 3.75. The maximum Gasteiger partial charge on any atom is 0.331 e. The Morgan fingerprint density at radius 2 is 2.04 bits per heavy atom. The van der Waals surface area contributed by atoms with Crippen molar-refractivity contribution >= 4 is 22.9 Å². The lowest BCUT2D eigenvalue weighted by Crippen LogP contribution is -2.52. The van der Waals surface area contributed by atoms with Crippen molar-refractivity contribution in [3.05, 3.63) is 48.0 Å². The molecule has 2 N–H and O–H groups in total. The monoisotopic (exact) mass is 353 g/mol. The number of benzene rings is 1. The highest BCUT2D eigenvalue weighted by Gasteiger charge is 2.45. The molecule has 3 aromatic rings. The molecule has 0 radical (unpaired) electrons. The largest absolute Gasteiger partial charge is 0.479 e. The highest BCUT2D eigenvalue weighted by atomic mass is 16.4. The Morgan fingerprint density at radius 3 is 2.69 bits per heavy atom. The van der Waals surface area contributed by atoms with Crippen molar-refractivity contribution in [2.75, 3.05) is 13.1 Å². The summed E-state index contributed by atoms with van der Waals surface area (Å²) < 4.78 is 1.53. The van der Waals surface area contributed by atoms with Gasteiger partial charge in [-0.3, -0.25) is 9.48 Å². The molecule has 1 aliphatic heterocycles. The Labute approximate surface area is 149 Å². The molecule has 1 saturated heterocycles. The average molecular weight is 353 g/mol. The van der Waals surface area contributed by atoms with Gasteiger partial charge in [-0.1, -0.05) is 0 Å². The van der Waals surface area contributed by atoms with E-state index in [4.69, 9.17) is 0 Å². The van der Waals surface area contributed by atoms with E-state index < -0.39 is 11.5 Å². The number of carbonyl (C=O) groups excluding carboxylic acids is 1. The van der Waals surface area contributed by atoms with Crippen LogP contribution in [0, 0.1) is 6.92 Å². The van der Waals surface area contributed by atoms with Crippen LogP contribution in [0.4, 0.5) is 0 Å². The SMILES string of the molecule is Cc1cnn(C2(C(=O)O)CCN(C(=O)c3ccc4nc[nH]c4c3)CC2)c1. The smallest absolute Gasteiger partial charge is 0.331 e. The minimum absolute atomic E-state index is 0.0999. The Morgan fingerprint density at radius 1 is 1.27 bits per heavy atom. The number of aromatic nitrogens is 4. The molecule has 0 spiro atoms. The number of amides is 1. The average Bonchev–Trinajstić information content (AvgIpc) is 3.29. The summed E-state index contributed by atoms with van der Waals surface area (Å²) in [7, 11) is 0. The fourth-order valence-corrected chi connectivity index (χ4v) is 3.52. The fourth-order valence-electron chi connectivity index (χ4n) is 3.52. The number of hydrogen-bond acceptors (Lipinski definition) is 4. The number of rotatable bonds is 3. The molecule has 4 rings (SSSR count).